The first-order valence-corrected chi connectivity index (χ1v) is 3.68. The number of allylic oxidation sites excluding steroid dienone is 1. The Balaban J connectivity index is 3.45. The Labute approximate surface area is 59.0 Å². The summed E-state index contributed by atoms with van der Waals surface area (Å²) in [5.41, 5.74) is 0.246. The van der Waals surface area contributed by atoms with Gasteiger partial charge in [-0.25, -0.2) is 0 Å². The number of rotatable bonds is 4. The molecule has 0 amide bonds. The Kier molecular flexibility index (Phi) is 3.60. The van der Waals surface area contributed by atoms with Crippen LogP contribution in [0.3, 0.4) is 0 Å². The molecule has 0 aliphatic heterocycles. The van der Waals surface area contributed by atoms with Crippen LogP contribution in [0.25, 0.3) is 0 Å². The van der Waals surface area contributed by atoms with Crippen LogP contribution in [0.4, 0.5) is 0 Å². The zero-order chi connectivity index (χ0) is 7.33. The van der Waals surface area contributed by atoms with Gasteiger partial charge in [-0.3, -0.25) is 0 Å². The van der Waals surface area contributed by atoms with Crippen molar-refractivity contribution in [1.29, 1.82) is 0 Å². The maximum absolute atomic E-state index is 5.42. The van der Waals surface area contributed by atoms with E-state index in [1.807, 2.05) is 0 Å². The van der Waals surface area contributed by atoms with Crippen LogP contribution in [0, 0.1) is 12.0 Å². The third-order valence-electron chi connectivity index (χ3n) is 1.63. The molecule has 0 aromatic rings. The van der Waals surface area contributed by atoms with Crippen molar-refractivity contribution >= 4 is 0 Å². The Bertz CT molecular complexity index is 80.0. The van der Waals surface area contributed by atoms with E-state index in [9.17, 15) is 0 Å². The molecule has 1 radical (unpaired) electrons. The van der Waals surface area contributed by atoms with Gasteiger partial charge >= 0.3 is 0 Å². The highest BCUT2D eigenvalue weighted by Crippen LogP contribution is 2.23. The van der Waals surface area contributed by atoms with Crippen molar-refractivity contribution in [2.75, 3.05) is 0 Å². The highest BCUT2D eigenvalue weighted by atomic mass is 14.2. The van der Waals surface area contributed by atoms with E-state index in [0.717, 1.165) is 0 Å². The fourth-order valence-corrected chi connectivity index (χ4v) is 0.716. The fourth-order valence-electron chi connectivity index (χ4n) is 0.716. The van der Waals surface area contributed by atoms with Crippen molar-refractivity contribution < 1.29 is 0 Å². The van der Waals surface area contributed by atoms with Crippen molar-refractivity contribution in [2.45, 2.75) is 40.0 Å². The molecule has 0 saturated heterocycles. The van der Waals surface area contributed by atoms with E-state index < -0.39 is 0 Å². The fraction of sp³-hybridized carbons (Fsp3) is 0.778. The molecule has 0 aromatic heterocycles. The molecular formula is C9H17. The van der Waals surface area contributed by atoms with E-state index in [-0.39, 0.29) is 5.41 Å². The van der Waals surface area contributed by atoms with Crippen LogP contribution in [-0.2, 0) is 0 Å². The van der Waals surface area contributed by atoms with Crippen LogP contribution in [0.2, 0.25) is 0 Å². The van der Waals surface area contributed by atoms with E-state index in [0.29, 0.717) is 0 Å². The molecule has 0 heterocycles. The van der Waals surface area contributed by atoms with Gasteiger partial charge in [0.05, 0.1) is 0 Å². The van der Waals surface area contributed by atoms with Crippen LogP contribution in [0.1, 0.15) is 40.0 Å². The molecule has 0 bridgehead atoms. The van der Waals surface area contributed by atoms with Gasteiger partial charge in [0, 0.05) is 0 Å². The Hall–Kier alpha value is -0.260. The molecule has 0 nitrogen and oxygen atoms in total. The average molecular weight is 125 g/mol. The van der Waals surface area contributed by atoms with E-state index in [4.69, 9.17) is 6.58 Å². The quantitative estimate of drug-likeness (QED) is 0.541. The standard InChI is InChI=1S/C9H17/c1-5-7-8-9(3,4)6-2/h2,6H,5,7-8H2,1,3-4H3. The van der Waals surface area contributed by atoms with Gasteiger partial charge in [-0.1, -0.05) is 46.3 Å². The van der Waals surface area contributed by atoms with Crippen molar-refractivity contribution in [3.05, 3.63) is 12.7 Å². The average Bonchev–Trinajstić information content (AvgIpc) is 1.84. The second-order valence-electron chi connectivity index (χ2n) is 3.26. The maximum atomic E-state index is 5.42. The normalized spacial score (nSPS) is 11.4. The lowest BCUT2D eigenvalue weighted by Crippen LogP contribution is -2.05. The van der Waals surface area contributed by atoms with Crippen LogP contribution < -0.4 is 0 Å². The minimum Gasteiger partial charge on any atom is -0.0789 e. The first-order chi connectivity index (χ1) is 4.12. The van der Waals surface area contributed by atoms with E-state index in [1.165, 1.54) is 19.3 Å². The molecule has 9 heavy (non-hydrogen) atoms. The topological polar surface area (TPSA) is 0 Å². The van der Waals surface area contributed by atoms with Crippen LogP contribution in [0.5, 0.6) is 0 Å². The number of hydrogen-bond acceptors (Lipinski definition) is 0. The summed E-state index contributed by atoms with van der Waals surface area (Å²) in [5, 5.41) is 0. The van der Waals surface area contributed by atoms with Crippen LogP contribution in [0.15, 0.2) is 6.08 Å². The van der Waals surface area contributed by atoms with Gasteiger partial charge in [-0.15, -0.1) is 0 Å². The largest absolute Gasteiger partial charge is 0.0789 e. The molecule has 0 spiro atoms. The second kappa shape index (κ2) is 3.71. The summed E-state index contributed by atoms with van der Waals surface area (Å²) in [5.74, 6) is 0. The first-order valence-electron chi connectivity index (χ1n) is 3.68. The summed E-state index contributed by atoms with van der Waals surface area (Å²) in [6, 6.07) is 0. The summed E-state index contributed by atoms with van der Waals surface area (Å²) >= 11 is 0. The molecule has 0 aliphatic carbocycles. The molecule has 0 heteroatoms. The molecule has 0 fully saturated rings. The van der Waals surface area contributed by atoms with Crippen molar-refractivity contribution in [3.8, 4) is 0 Å². The summed E-state index contributed by atoms with van der Waals surface area (Å²) in [6.07, 6.45) is 5.54. The monoisotopic (exact) mass is 125 g/mol. The van der Waals surface area contributed by atoms with E-state index >= 15 is 0 Å². The van der Waals surface area contributed by atoms with Gasteiger partial charge in [0.15, 0.2) is 0 Å². The Morgan fingerprint density at radius 2 is 2.00 bits per heavy atom. The van der Waals surface area contributed by atoms with Gasteiger partial charge in [0.2, 0.25) is 0 Å². The third-order valence-corrected chi connectivity index (χ3v) is 1.63. The highest BCUT2D eigenvalue weighted by Gasteiger charge is 2.10. The number of hydrogen-bond donors (Lipinski definition) is 0. The lowest BCUT2D eigenvalue weighted by molar-refractivity contribution is 0.419. The predicted molar refractivity (Wildman–Crippen MR) is 42.2 cm³/mol. The van der Waals surface area contributed by atoms with Crippen LogP contribution in [-0.4, -0.2) is 0 Å². The summed E-state index contributed by atoms with van der Waals surface area (Å²) in [7, 11) is 0. The molecule has 0 rings (SSSR count). The molecule has 0 saturated carbocycles. The molecule has 0 unspecified atom stereocenters. The lowest BCUT2D eigenvalue weighted by Gasteiger charge is -2.18. The van der Waals surface area contributed by atoms with Gasteiger partial charge in [-0.2, -0.15) is 0 Å². The maximum Gasteiger partial charge on any atom is -0.0172 e. The summed E-state index contributed by atoms with van der Waals surface area (Å²) < 4.78 is 0. The van der Waals surface area contributed by atoms with E-state index in [1.54, 1.807) is 6.08 Å². The second-order valence-corrected chi connectivity index (χ2v) is 3.26. The Morgan fingerprint density at radius 1 is 1.44 bits per heavy atom. The molecule has 0 aromatic carbocycles. The van der Waals surface area contributed by atoms with Gasteiger partial charge < -0.3 is 0 Å². The number of unbranched alkanes of at least 4 members (excludes halogenated alkanes) is 1. The Morgan fingerprint density at radius 3 is 2.33 bits per heavy atom. The van der Waals surface area contributed by atoms with Crippen molar-refractivity contribution in [3.63, 3.8) is 0 Å². The zero-order valence-corrected chi connectivity index (χ0v) is 6.78. The lowest BCUT2D eigenvalue weighted by atomic mass is 9.88. The minimum atomic E-state index is 0.246. The van der Waals surface area contributed by atoms with Gasteiger partial charge in [0.25, 0.3) is 0 Å². The zero-order valence-electron chi connectivity index (χ0n) is 6.78. The minimum absolute atomic E-state index is 0.246. The summed E-state index contributed by atoms with van der Waals surface area (Å²) in [4.78, 5) is 0. The van der Waals surface area contributed by atoms with Gasteiger partial charge in [0.1, 0.15) is 0 Å². The SMILES string of the molecule is [CH]=CC(C)(C)CCCC. The van der Waals surface area contributed by atoms with Crippen molar-refractivity contribution in [1.82, 2.24) is 0 Å². The third kappa shape index (κ3) is 4.26. The molecule has 0 atom stereocenters. The molecular weight excluding hydrogens is 108 g/mol. The first kappa shape index (κ1) is 8.74. The molecule has 0 N–H and O–H groups in total. The van der Waals surface area contributed by atoms with E-state index in [2.05, 4.69) is 20.8 Å². The molecule has 53 valence electrons. The van der Waals surface area contributed by atoms with Crippen molar-refractivity contribution in [2.24, 2.45) is 5.41 Å². The smallest absolute Gasteiger partial charge is 0.0172 e. The van der Waals surface area contributed by atoms with Crippen LogP contribution >= 0.6 is 0 Å². The highest BCUT2D eigenvalue weighted by molar-refractivity contribution is 4.84. The molecule has 0 aliphatic rings. The summed E-state index contributed by atoms with van der Waals surface area (Å²) in [6.45, 7) is 12.0. The predicted octanol–water partition coefficient (Wildman–Crippen LogP) is 3.19. The van der Waals surface area contributed by atoms with Gasteiger partial charge in [-0.05, 0) is 11.8 Å².